The first kappa shape index (κ1) is 13.2. The minimum Gasteiger partial charge on any atom is -0.490 e. The molecule has 1 aromatic rings. The summed E-state index contributed by atoms with van der Waals surface area (Å²) in [5.74, 6) is 0.980. The van der Waals surface area contributed by atoms with Crippen LogP contribution in [-0.2, 0) is 6.42 Å². The molecule has 18 heavy (non-hydrogen) atoms. The van der Waals surface area contributed by atoms with Crippen LogP contribution < -0.4 is 10.1 Å². The molecule has 2 nitrogen and oxygen atoms in total. The van der Waals surface area contributed by atoms with E-state index >= 15 is 0 Å². The summed E-state index contributed by atoms with van der Waals surface area (Å²) in [6.07, 6.45) is 5.80. The lowest BCUT2D eigenvalue weighted by molar-refractivity contribution is 0.360. The summed E-state index contributed by atoms with van der Waals surface area (Å²) in [6, 6.07) is 7.00. The third-order valence-electron chi connectivity index (χ3n) is 3.52. The molecule has 0 aromatic heterocycles. The number of benzene rings is 1. The zero-order valence-corrected chi connectivity index (χ0v) is 11.6. The van der Waals surface area contributed by atoms with Crippen molar-refractivity contribution in [3.05, 3.63) is 41.0 Å². The molecule has 1 aliphatic rings. The number of hydrogen-bond acceptors (Lipinski definition) is 2. The molecule has 1 N–H and O–H groups in total. The topological polar surface area (TPSA) is 21.3 Å². The van der Waals surface area contributed by atoms with E-state index in [2.05, 4.69) is 43.4 Å². The lowest BCUT2D eigenvalue weighted by Gasteiger charge is -2.25. The highest BCUT2D eigenvalue weighted by molar-refractivity contribution is 5.39. The summed E-state index contributed by atoms with van der Waals surface area (Å²) < 4.78 is 5.77. The molecule has 1 atom stereocenters. The van der Waals surface area contributed by atoms with E-state index in [1.165, 1.54) is 36.0 Å². The van der Waals surface area contributed by atoms with E-state index in [-0.39, 0.29) is 0 Å². The first-order valence-electron chi connectivity index (χ1n) is 6.77. The molecule has 2 rings (SSSR count). The first-order chi connectivity index (χ1) is 8.70. The smallest absolute Gasteiger partial charge is 0.120 e. The van der Waals surface area contributed by atoms with E-state index in [0.717, 1.165) is 5.75 Å². The maximum Gasteiger partial charge on any atom is 0.120 e. The van der Waals surface area contributed by atoms with Crippen molar-refractivity contribution in [3.63, 3.8) is 0 Å². The Balaban J connectivity index is 2.12. The van der Waals surface area contributed by atoms with Crippen molar-refractivity contribution in [1.82, 2.24) is 5.32 Å². The van der Waals surface area contributed by atoms with Crippen molar-refractivity contribution < 1.29 is 4.74 Å². The van der Waals surface area contributed by atoms with Crippen molar-refractivity contribution >= 4 is 0 Å². The highest BCUT2D eigenvalue weighted by Gasteiger charge is 2.18. The van der Waals surface area contributed by atoms with Gasteiger partial charge in [0.2, 0.25) is 0 Å². The number of nitrogens with one attached hydrogen (secondary N) is 1. The summed E-state index contributed by atoms with van der Waals surface area (Å²) in [5, 5.41) is 3.39. The summed E-state index contributed by atoms with van der Waals surface area (Å²) in [5.41, 5.74) is 4.18. The Morgan fingerprint density at radius 2 is 2.28 bits per heavy atom. The molecule has 0 aliphatic heterocycles. The second kappa shape index (κ2) is 6.05. The van der Waals surface area contributed by atoms with Crippen molar-refractivity contribution in [2.75, 3.05) is 13.7 Å². The van der Waals surface area contributed by atoms with Gasteiger partial charge in [-0.25, -0.2) is 0 Å². The number of hydrogen-bond donors (Lipinski definition) is 1. The largest absolute Gasteiger partial charge is 0.490 e. The Morgan fingerprint density at radius 3 is 3.00 bits per heavy atom. The highest BCUT2D eigenvalue weighted by atomic mass is 16.5. The Morgan fingerprint density at radius 1 is 1.44 bits per heavy atom. The third kappa shape index (κ3) is 3.14. The molecule has 0 amide bonds. The number of aryl methyl sites for hydroxylation is 1. The molecular formula is C16H23NO. The zero-order chi connectivity index (χ0) is 13.0. The SMILES string of the molecule is CNC1CCCc2ccc(OCC=C(C)C)cc21. The molecule has 1 aromatic carbocycles. The highest BCUT2D eigenvalue weighted by Crippen LogP contribution is 2.32. The number of ether oxygens (including phenoxy) is 1. The van der Waals surface area contributed by atoms with Crippen LogP contribution in [0.1, 0.15) is 43.9 Å². The van der Waals surface area contributed by atoms with E-state index in [0.29, 0.717) is 12.6 Å². The van der Waals surface area contributed by atoms with E-state index < -0.39 is 0 Å². The van der Waals surface area contributed by atoms with Gasteiger partial charge in [0.05, 0.1) is 0 Å². The van der Waals surface area contributed by atoms with Gasteiger partial charge in [0.15, 0.2) is 0 Å². The molecule has 0 bridgehead atoms. The van der Waals surface area contributed by atoms with Crippen LogP contribution in [0, 0.1) is 0 Å². The van der Waals surface area contributed by atoms with Gasteiger partial charge in [-0.1, -0.05) is 11.6 Å². The monoisotopic (exact) mass is 245 g/mol. The maximum atomic E-state index is 5.77. The predicted molar refractivity (Wildman–Crippen MR) is 76.1 cm³/mol. The lowest BCUT2D eigenvalue weighted by Crippen LogP contribution is -2.21. The van der Waals surface area contributed by atoms with Gasteiger partial charge >= 0.3 is 0 Å². The van der Waals surface area contributed by atoms with Crippen molar-refractivity contribution in [2.45, 2.75) is 39.2 Å². The molecule has 2 heteroatoms. The maximum absolute atomic E-state index is 5.77. The van der Waals surface area contributed by atoms with Crippen LogP contribution >= 0.6 is 0 Å². The Kier molecular flexibility index (Phi) is 4.43. The second-order valence-electron chi connectivity index (χ2n) is 5.19. The fraction of sp³-hybridized carbons (Fsp3) is 0.500. The number of allylic oxidation sites excluding steroid dienone is 1. The van der Waals surface area contributed by atoms with Gasteiger partial charge in [-0.05, 0) is 69.5 Å². The van der Waals surface area contributed by atoms with Gasteiger partial charge in [-0.2, -0.15) is 0 Å². The van der Waals surface area contributed by atoms with Crippen LogP contribution in [0.4, 0.5) is 0 Å². The normalized spacial score (nSPS) is 18.1. The molecule has 0 saturated carbocycles. The fourth-order valence-corrected chi connectivity index (χ4v) is 2.47. The zero-order valence-electron chi connectivity index (χ0n) is 11.6. The summed E-state index contributed by atoms with van der Waals surface area (Å²) in [7, 11) is 2.04. The van der Waals surface area contributed by atoms with Crippen LogP contribution in [0.5, 0.6) is 5.75 Å². The Labute approximate surface area is 110 Å². The molecule has 0 fully saturated rings. The Bertz CT molecular complexity index is 433. The van der Waals surface area contributed by atoms with Gasteiger partial charge < -0.3 is 10.1 Å². The van der Waals surface area contributed by atoms with Crippen molar-refractivity contribution in [1.29, 1.82) is 0 Å². The average Bonchev–Trinajstić information content (AvgIpc) is 2.37. The minimum atomic E-state index is 0.487. The molecule has 0 saturated heterocycles. The molecule has 0 radical (unpaired) electrons. The summed E-state index contributed by atoms with van der Waals surface area (Å²) in [6.45, 7) is 4.84. The Hall–Kier alpha value is -1.28. The standard InChI is InChI=1S/C16H23NO/c1-12(2)9-10-18-14-8-7-13-5-4-6-16(17-3)15(13)11-14/h7-9,11,16-17H,4-6,10H2,1-3H3. The average molecular weight is 245 g/mol. The van der Waals surface area contributed by atoms with E-state index in [1.54, 1.807) is 0 Å². The van der Waals surface area contributed by atoms with Crippen molar-refractivity contribution in [2.24, 2.45) is 0 Å². The van der Waals surface area contributed by atoms with E-state index in [9.17, 15) is 0 Å². The number of rotatable bonds is 4. The molecule has 0 spiro atoms. The quantitative estimate of drug-likeness (QED) is 0.818. The molecule has 1 unspecified atom stereocenters. The minimum absolute atomic E-state index is 0.487. The van der Waals surface area contributed by atoms with Gasteiger partial charge in [-0.3, -0.25) is 0 Å². The van der Waals surface area contributed by atoms with E-state index in [1.807, 2.05) is 7.05 Å². The summed E-state index contributed by atoms with van der Waals surface area (Å²) in [4.78, 5) is 0. The lowest BCUT2D eigenvalue weighted by atomic mass is 9.87. The predicted octanol–water partition coefficient (Wildman–Crippen LogP) is 3.63. The van der Waals surface area contributed by atoms with Crippen LogP contribution in [0.25, 0.3) is 0 Å². The van der Waals surface area contributed by atoms with Crippen LogP contribution in [0.2, 0.25) is 0 Å². The number of fused-ring (bicyclic) bond motifs is 1. The van der Waals surface area contributed by atoms with E-state index in [4.69, 9.17) is 4.74 Å². The van der Waals surface area contributed by atoms with Gasteiger partial charge in [-0.15, -0.1) is 0 Å². The van der Waals surface area contributed by atoms with Gasteiger partial charge in [0.1, 0.15) is 12.4 Å². The molecule has 98 valence electrons. The third-order valence-corrected chi connectivity index (χ3v) is 3.52. The first-order valence-corrected chi connectivity index (χ1v) is 6.77. The molecule has 0 heterocycles. The van der Waals surface area contributed by atoms with Crippen LogP contribution in [0.15, 0.2) is 29.8 Å². The fourth-order valence-electron chi connectivity index (χ4n) is 2.47. The van der Waals surface area contributed by atoms with Gasteiger partial charge in [0, 0.05) is 6.04 Å². The van der Waals surface area contributed by atoms with Crippen molar-refractivity contribution in [3.8, 4) is 5.75 Å². The molecule has 1 aliphatic carbocycles. The summed E-state index contributed by atoms with van der Waals surface area (Å²) >= 11 is 0. The van der Waals surface area contributed by atoms with Gasteiger partial charge in [0.25, 0.3) is 0 Å². The van der Waals surface area contributed by atoms with Crippen LogP contribution in [-0.4, -0.2) is 13.7 Å². The second-order valence-corrected chi connectivity index (χ2v) is 5.19. The van der Waals surface area contributed by atoms with Crippen LogP contribution in [0.3, 0.4) is 0 Å². The molecular weight excluding hydrogens is 222 g/mol.